The number of nitrogens with zero attached hydrogens (tertiary/aromatic N) is 2. The standard InChI is InChI=1S/C18H15ClFN3O3S/c19-17-11(2-1-5-23-27(25)26)7-14(20)8-15(17)18(24)12-3-4-16-13(6-12)9-21-10-22-16/h3-4,6-10,27H,1-2,5H2,(H,23,25,26). The Morgan fingerprint density at radius 2 is 2.04 bits per heavy atom. The topological polar surface area (TPSA) is 89.0 Å². The number of aromatic nitrogens is 2. The minimum atomic E-state index is -2.68. The van der Waals surface area contributed by atoms with E-state index in [1.54, 1.807) is 24.4 Å². The van der Waals surface area contributed by atoms with E-state index in [1.165, 1.54) is 12.4 Å². The average molecular weight is 408 g/mol. The van der Waals surface area contributed by atoms with Crippen molar-refractivity contribution in [2.45, 2.75) is 12.8 Å². The van der Waals surface area contributed by atoms with Gasteiger partial charge >= 0.3 is 0 Å². The van der Waals surface area contributed by atoms with E-state index in [0.717, 1.165) is 6.07 Å². The first-order valence-corrected chi connectivity index (χ1v) is 9.61. The average Bonchev–Trinajstić information content (AvgIpc) is 2.66. The van der Waals surface area contributed by atoms with Crippen LogP contribution in [0.4, 0.5) is 4.39 Å². The monoisotopic (exact) mass is 407 g/mol. The predicted octanol–water partition coefficient (Wildman–Crippen LogP) is 2.70. The molecule has 0 amide bonds. The van der Waals surface area contributed by atoms with Gasteiger partial charge in [0.2, 0.25) is 10.9 Å². The highest BCUT2D eigenvalue weighted by Crippen LogP contribution is 2.27. The van der Waals surface area contributed by atoms with Crippen LogP contribution in [0.2, 0.25) is 5.02 Å². The zero-order valence-corrected chi connectivity index (χ0v) is 15.6. The SMILES string of the molecule is O=C(c1ccc2ncncc2c1)c1cc(F)cc(CCCN[SH](=O)=O)c1Cl. The van der Waals surface area contributed by atoms with Gasteiger partial charge < -0.3 is 0 Å². The number of hydrogen-bond donors (Lipinski definition) is 2. The molecular formula is C18H15ClFN3O3S. The van der Waals surface area contributed by atoms with Crippen LogP contribution in [0.15, 0.2) is 42.9 Å². The van der Waals surface area contributed by atoms with Crippen LogP contribution in [0.1, 0.15) is 27.9 Å². The van der Waals surface area contributed by atoms with Gasteiger partial charge in [-0.3, -0.25) is 4.79 Å². The predicted molar refractivity (Wildman–Crippen MR) is 101 cm³/mol. The van der Waals surface area contributed by atoms with Crippen molar-refractivity contribution in [1.29, 1.82) is 0 Å². The Labute approximate surface area is 161 Å². The summed E-state index contributed by atoms with van der Waals surface area (Å²) in [4.78, 5) is 20.9. The smallest absolute Gasteiger partial charge is 0.201 e. The normalized spacial score (nSPS) is 11.2. The number of ketones is 1. The summed E-state index contributed by atoms with van der Waals surface area (Å²) in [5.41, 5.74) is 1.55. The number of nitrogens with one attached hydrogen (secondary N) is 1. The molecule has 0 aliphatic heterocycles. The number of hydrogen-bond acceptors (Lipinski definition) is 5. The van der Waals surface area contributed by atoms with Gasteiger partial charge in [-0.05, 0) is 48.7 Å². The van der Waals surface area contributed by atoms with E-state index in [2.05, 4.69) is 14.7 Å². The molecule has 0 atom stereocenters. The van der Waals surface area contributed by atoms with Crippen LogP contribution >= 0.6 is 11.6 Å². The summed E-state index contributed by atoms with van der Waals surface area (Å²) in [6.07, 6.45) is 3.76. The second-order valence-electron chi connectivity index (χ2n) is 5.82. The number of rotatable bonds is 7. The van der Waals surface area contributed by atoms with E-state index in [9.17, 15) is 17.6 Å². The van der Waals surface area contributed by atoms with Crippen molar-refractivity contribution < 1.29 is 17.6 Å². The van der Waals surface area contributed by atoms with Crippen LogP contribution in [0, 0.1) is 5.82 Å². The molecule has 27 heavy (non-hydrogen) atoms. The maximum Gasteiger partial charge on any atom is 0.201 e. The van der Waals surface area contributed by atoms with Gasteiger partial charge in [0.05, 0.1) is 10.5 Å². The van der Waals surface area contributed by atoms with E-state index in [4.69, 9.17) is 11.6 Å². The largest absolute Gasteiger partial charge is 0.289 e. The van der Waals surface area contributed by atoms with E-state index in [0.29, 0.717) is 34.9 Å². The molecule has 9 heteroatoms. The summed E-state index contributed by atoms with van der Waals surface area (Å²) in [6, 6.07) is 7.28. The lowest BCUT2D eigenvalue weighted by molar-refractivity contribution is 0.103. The molecule has 0 fully saturated rings. The summed E-state index contributed by atoms with van der Waals surface area (Å²) in [7, 11) is -2.68. The molecule has 3 aromatic rings. The molecule has 0 spiro atoms. The summed E-state index contributed by atoms with van der Waals surface area (Å²) in [6.45, 7) is 0.208. The number of fused-ring (bicyclic) bond motifs is 1. The fraction of sp³-hybridized carbons (Fsp3) is 0.167. The number of carbonyl (C=O) groups is 1. The van der Waals surface area contributed by atoms with Gasteiger partial charge in [0.25, 0.3) is 0 Å². The van der Waals surface area contributed by atoms with Gasteiger partial charge in [0.15, 0.2) is 5.78 Å². The second kappa shape index (κ2) is 8.51. The van der Waals surface area contributed by atoms with Crippen molar-refractivity contribution in [3.63, 3.8) is 0 Å². The lowest BCUT2D eigenvalue weighted by atomic mass is 9.98. The summed E-state index contributed by atoms with van der Waals surface area (Å²) in [5.74, 6) is -0.989. The Morgan fingerprint density at radius 1 is 1.22 bits per heavy atom. The Morgan fingerprint density at radius 3 is 2.81 bits per heavy atom. The van der Waals surface area contributed by atoms with Gasteiger partial charge in [0, 0.05) is 29.3 Å². The molecule has 0 aliphatic carbocycles. The summed E-state index contributed by atoms with van der Waals surface area (Å²) in [5, 5.41) is 0.853. The third kappa shape index (κ3) is 4.65. The Hall–Kier alpha value is -2.42. The molecule has 0 aliphatic rings. The van der Waals surface area contributed by atoms with Crippen molar-refractivity contribution in [2.24, 2.45) is 0 Å². The van der Waals surface area contributed by atoms with Crippen molar-refractivity contribution in [1.82, 2.24) is 14.7 Å². The Bertz CT molecular complexity index is 1080. The number of halogens is 2. The van der Waals surface area contributed by atoms with Crippen molar-refractivity contribution in [2.75, 3.05) is 6.54 Å². The Balaban J connectivity index is 1.89. The molecule has 0 saturated heterocycles. The maximum atomic E-state index is 14.0. The third-order valence-electron chi connectivity index (χ3n) is 3.99. The number of thiol groups is 1. The molecule has 0 unspecified atom stereocenters. The van der Waals surface area contributed by atoms with Gasteiger partial charge in [-0.25, -0.2) is 27.5 Å². The fourth-order valence-corrected chi connectivity index (χ4v) is 3.35. The zero-order chi connectivity index (χ0) is 19.4. The summed E-state index contributed by atoms with van der Waals surface area (Å²) >= 11 is 6.33. The maximum absolute atomic E-state index is 14.0. The summed E-state index contributed by atoms with van der Waals surface area (Å²) < 4.78 is 37.3. The molecule has 0 saturated carbocycles. The highest BCUT2D eigenvalue weighted by atomic mass is 35.5. The molecule has 2 aromatic carbocycles. The molecule has 0 radical (unpaired) electrons. The van der Waals surface area contributed by atoms with Crippen LogP contribution in [-0.4, -0.2) is 30.7 Å². The van der Waals surface area contributed by atoms with Crippen LogP contribution in [0.5, 0.6) is 0 Å². The van der Waals surface area contributed by atoms with Crippen molar-refractivity contribution in [3.05, 3.63) is 70.4 Å². The second-order valence-corrected chi connectivity index (χ2v) is 7.03. The van der Waals surface area contributed by atoms with E-state index in [1.807, 2.05) is 0 Å². The van der Waals surface area contributed by atoms with Crippen molar-refractivity contribution >= 4 is 39.2 Å². The number of aryl methyl sites for hydroxylation is 1. The first kappa shape index (κ1) is 19.3. The van der Waals surface area contributed by atoms with Gasteiger partial charge in [-0.15, -0.1) is 0 Å². The molecule has 1 heterocycles. The van der Waals surface area contributed by atoms with E-state index in [-0.39, 0.29) is 17.1 Å². The molecule has 1 aromatic heterocycles. The molecule has 1 N–H and O–H groups in total. The fourth-order valence-electron chi connectivity index (χ4n) is 2.72. The number of carbonyl (C=O) groups excluding carboxylic acids is 1. The van der Waals surface area contributed by atoms with Crippen molar-refractivity contribution in [3.8, 4) is 0 Å². The third-order valence-corrected chi connectivity index (χ3v) is 4.92. The van der Waals surface area contributed by atoms with Gasteiger partial charge in [-0.1, -0.05) is 11.6 Å². The van der Waals surface area contributed by atoms with Gasteiger partial charge in [-0.2, -0.15) is 0 Å². The Kier molecular flexibility index (Phi) is 6.10. The molecular weight excluding hydrogens is 393 g/mol. The van der Waals surface area contributed by atoms with Crippen LogP contribution in [0.25, 0.3) is 10.9 Å². The molecule has 0 bridgehead atoms. The lowest BCUT2D eigenvalue weighted by Gasteiger charge is -2.10. The molecule has 3 rings (SSSR count). The van der Waals surface area contributed by atoms with Crippen LogP contribution < -0.4 is 4.72 Å². The first-order chi connectivity index (χ1) is 13.0. The zero-order valence-electron chi connectivity index (χ0n) is 14.0. The minimum Gasteiger partial charge on any atom is -0.289 e. The molecule has 140 valence electrons. The van der Waals surface area contributed by atoms with E-state index < -0.39 is 22.5 Å². The van der Waals surface area contributed by atoms with E-state index >= 15 is 0 Å². The number of benzene rings is 2. The highest BCUT2D eigenvalue weighted by Gasteiger charge is 2.18. The first-order valence-electron chi connectivity index (χ1n) is 8.06. The lowest BCUT2D eigenvalue weighted by Crippen LogP contribution is -2.13. The molecule has 6 nitrogen and oxygen atoms in total. The highest BCUT2D eigenvalue weighted by molar-refractivity contribution is 7.70. The van der Waals surface area contributed by atoms with Crippen LogP contribution in [-0.2, 0) is 17.3 Å². The van der Waals surface area contributed by atoms with Crippen LogP contribution in [0.3, 0.4) is 0 Å². The quantitative estimate of drug-likeness (QED) is 0.357. The minimum absolute atomic E-state index is 0.0609. The van der Waals surface area contributed by atoms with Gasteiger partial charge in [0.1, 0.15) is 12.1 Å².